The first kappa shape index (κ1) is 21.5. The second-order valence-corrected chi connectivity index (χ2v) is 7.80. The number of aryl methyl sites for hydroxylation is 1. The Morgan fingerprint density at radius 3 is 2.39 bits per heavy atom. The summed E-state index contributed by atoms with van der Waals surface area (Å²) < 4.78 is 41.0. The lowest BCUT2D eigenvalue weighted by atomic mass is 10.1. The third-order valence-corrected chi connectivity index (χ3v) is 4.95. The minimum atomic E-state index is -3.75. The summed E-state index contributed by atoms with van der Waals surface area (Å²) in [5, 5.41) is 7.65. The van der Waals surface area contributed by atoms with Crippen LogP contribution in [0.5, 0.6) is 0 Å². The number of hydrogen-bond acceptors (Lipinski definition) is 5. The van der Waals surface area contributed by atoms with Gasteiger partial charge in [0.25, 0.3) is 5.91 Å². The molecule has 2 aromatic carbocycles. The molecule has 2 rings (SSSR count). The number of carbonyl (C=O) groups excluding carboxylic acids is 2. The minimum absolute atomic E-state index is 0.00774. The van der Waals surface area contributed by atoms with E-state index in [9.17, 15) is 22.4 Å². The molecule has 0 fully saturated rings. The highest BCUT2D eigenvalue weighted by Gasteiger charge is 2.19. The van der Waals surface area contributed by atoms with E-state index in [1.807, 2.05) is 0 Å². The first-order valence-electron chi connectivity index (χ1n) is 8.44. The molecule has 0 saturated heterocycles. The first-order chi connectivity index (χ1) is 13.1. The number of sulfonamides is 1. The van der Waals surface area contributed by atoms with Gasteiger partial charge in [-0.2, -0.15) is 0 Å². The molecule has 1 amide bonds. The summed E-state index contributed by atoms with van der Waals surface area (Å²) in [7, 11) is -3.75. The fourth-order valence-corrected chi connectivity index (χ4v) is 2.84. The molecular formula is C19H21FN2O5S. The Bertz CT molecular complexity index is 974. The third kappa shape index (κ3) is 5.86. The van der Waals surface area contributed by atoms with E-state index in [0.717, 1.165) is 11.6 Å². The van der Waals surface area contributed by atoms with Gasteiger partial charge in [0.2, 0.25) is 10.0 Å². The molecular weight excluding hydrogens is 387 g/mol. The largest absolute Gasteiger partial charge is 0.449 e. The highest BCUT2D eigenvalue weighted by atomic mass is 32.2. The molecule has 0 saturated carbocycles. The maximum absolute atomic E-state index is 13.5. The monoisotopic (exact) mass is 408 g/mol. The van der Waals surface area contributed by atoms with Crippen molar-refractivity contribution in [3.05, 3.63) is 65.0 Å². The van der Waals surface area contributed by atoms with Crippen LogP contribution in [0.15, 0.2) is 47.4 Å². The minimum Gasteiger partial charge on any atom is -0.449 e. The maximum Gasteiger partial charge on any atom is 0.339 e. The molecule has 0 spiro atoms. The van der Waals surface area contributed by atoms with Crippen molar-refractivity contribution in [2.45, 2.75) is 31.3 Å². The molecule has 3 N–H and O–H groups in total. The summed E-state index contributed by atoms with van der Waals surface area (Å²) in [5.74, 6) is -1.82. The van der Waals surface area contributed by atoms with Gasteiger partial charge >= 0.3 is 5.97 Å². The molecule has 0 aliphatic heterocycles. The van der Waals surface area contributed by atoms with Crippen molar-refractivity contribution in [1.29, 1.82) is 0 Å². The summed E-state index contributed by atoms with van der Waals surface area (Å²) in [6, 6.07) is 9.92. The van der Waals surface area contributed by atoms with Gasteiger partial charge in [-0.1, -0.05) is 18.2 Å². The van der Waals surface area contributed by atoms with Crippen LogP contribution in [0.2, 0.25) is 0 Å². The Hall–Kier alpha value is -2.78. The Morgan fingerprint density at radius 2 is 1.82 bits per heavy atom. The van der Waals surface area contributed by atoms with Crippen LogP contribution in [0.1, 0.15) is 28.4 Å². The number of esters is 1. The SMILES string of the molecule is Cc1ccc(C(=O)O[C@@H](C)C(=O)NCCc2ccc(S(N)(=O)=O)cc2)cc1F. The number of nitrogens with one attached hydrogen (secondary N) is 1. The van der Waals surface area contributed by atoms with Gasteiger partial charge in [0.1, 0.15) is 5.82 Å². The number of nitrogens with two attached hydrogens (primary N) is 1. The van der Waals surface area contributed by atoms with Gasteiger partial charge in [-0.05, 0) is 55.7 Å². The van der Waals surface area contributed by atoms with Gasteiger partial charge in [0.05, 0.1) is 10.5 Å². The standard InChI is InChI=1S/C19H21FN2O5S/c1-12-3-6-15(11-17(12)20)19(24)27-13(2)18(23)22-10-9-14-4-7-16(8-5-14)28(21,25)26/h3-8,11,13H,9-10H2,1-2H3,(H,22,23)(H2,21,25,26)/t13-/m0/s1. The second kappa shape index (κ2) is 8.94. The number of halogens is 1. The van der Waals surface area contributed by atoms with E-state index in [1.165, 1.54) is 31.2 Å². The molecule has 0 heterocycles. The zero-order valence-electron chi connectivity index (χ0n) is 15.4. The lowest BCUT2D eigenvalue weighted by Gasteiger charge is -2.14. The Balaban J connectivity index is 1.83. The van der Waals surface area contributed by atoms with Crippen molar-refractivity contribution in [3.63, 3.8) is 0 Å². The predicted octanol–water partition coefficient (Wildman–Crippen LogP) is 1.69. The van der Waals surface area contributed by atoms with Crippen molar-refractivity contribution >= 4 is 21.9 Å². The highest BCUT2D eigenvalue weighted by molar-refractivity contribution is 7.89. The molecule has 1 atom stereocenters. The number of carbonyl (C=O) groups is 2. The van der Waals surface area contributed by atoms with Crippen molar-refractivity contribution in [2.75, 3.05) is 6.54 Å². The van der Waals surface area contributed by atoms with E-state index in [4.69, 9.17) is 9.88 Å². The quantitative estimate of drug-likeness (QED) is 0.677. The summed E-state index contributed by atoms with van der Waals surface area (Å²) in [6.07, 6.45) is -0.609. The second-order valence-electron chi connectivity index (χ2n) is 6.24. The van der Waals surface area contributed by atoms with Gasteiger partial charge in [0, 0.05) is 6.54 Å². The summed E-state index contributed by atoms with van der Waals surface area (Å²) in [6.45, 7) is 3.25. The fourth-order valence-electron chi connectivity index (χ4n) is 2.32. The van der Waals surface area contributed by atoms with Crippen molar-refractivity contribution in [3.8, 4) is 0 Å². The van der Waals surface area contributed by atoms with Gasteiger partial charge < -0.3 is 10.1 Å². The van der Waals surface area contributed by atoms with Crippen LogP contribution in [0, 0.1) is 12.7 Å². The number of rotatable bonds is 7. The van der Waals surface area contributed by atoms with Gasteiger partial charge in [-0.25, -0.2) is 22.7 Å². The molecule has 9 heteroatoms. The first-order valence-corrected chi connectivity index (χ1v) is 9.99. The topological polar surface area (TPSA) is 116 Å². The van der Waals surface area contributed by atoms with Gasteiger partial charge in [0.15, 0.2) is 6.10 Å². The highest BCUT2D eigenvalue weighted by Crippen LogP contribution is 2.12. The van der Waals surface area contributed by atoms with E-state index in [1.54, 1.807) is 19.1 Å². The normalized spacial score (nSPS) is 12.3. The Kier molecular flexibility index (Phi) is 6.87. The molecule has 0 radical (unpaired) electrons. The van der Waals surface area contributed by atoms with Crippen LogP contribution in [-0.4, -0.2) is 32.9 Å². The van der Waals surface area contributed by atoms with E-state index in [2.05, 4.69) is 5.32 Å². The molecule has 0 aromatic heterocycles. The number of primary sulfonamides is 1. The zero-order chi connectivity index (χ0) is 20.9. The van der Waals surface area contributed by atoms with Gasteiger partial charge in [-0.15, -0.1) is 0 Å². The number of hydrogen-bond donors (Lipinski definition) is 2. The molecule has 28 heavy (non-hydrogen) atoms. The van der Waals surface area contributed by atoms with E-state index >= 15 is 0 Å². The predicted molar refractivity (Wildman–Crippen MR) is 101 cm³/mol. The van der Waals surface area contributed by atoms with Crippen molar-refractivity contribution in [1.82, 2.24) is 5.32 Å². The van der Waals surface area contributed by atoms with Crippen LogP contribution in [0.4, 0.5) is 4.39 Å². The van der Waals surface area contributed by atoms with E-state index in [0.29, 0.717) is 12.0 Å². The molecule has 150 valence electrons. The van der Waals surface area contributed by atoms with E-state index in [-0.39, 0.29) is 17.0 Å². The van der Waals surface area contributed by atoms with Crippen molar-refractivity contribution in [2.24, 2.45) is 5.14 Å². The smallest absolute Gasteiger partial charge is 0.339 e. The maximum atomic E-state index is 13.5. The van der Waals surface area contributed by atoms with Crippen molar-refractivity contribution < 1.29 is 27.1 Å². The molecule has 0 unspecified atom stereocenters. The number of benzene rings is 2. The van der Waals surface area contributed by atoms with Crippen LogP contribution >= 0.6 is 0 Å². The molecule has 2 aromatic rings. The van der Waals surface area contributed by atoms with E-state index < -0.39 is 33.8 Å². The lowest BCUT2D eigenvalue weighted by Crippen LogP contribution is -2.36. The Labute approximate surface area is 162 Å². The molecule has 0 aliphatic carbocycles. The third-order valence-electron chi connectivity index (χ3n) is 4.03. The lowest BCUT2D eigenvalue weighted by molar-refractivity contribution is -0.129. The van der Waals surface area contributed by atoms with Crippen LogP contribution in [-0.2, 0) is 26.0 Å². The van der Waals surface area contributed by atoms with Gasteiger partial charge in [-0.3, -0.25) is 4.79 Å². The average Bonchev–Trinajstić information content (AvgIpc) is 2.63. The average molecular weight is 408 g/mol. The summed E-state index contributed by atoms with van der Waals surface area (Å²) >= 11 is 0. The van der Waals surface area contributed by atoms with Crippen LogP contribution < -0.4 is 10.5 Å². The Morgan fingerprint density at radius 1 is 1.18 bits per heavy atom. The number of ether oxygens (including phenoxy) is 1. The van der Waals surface area contributed by atoms with Crippen LogP contribution in [0.25, 0.3) is 0 Å². The molecule has 7 nitrogen and oxygen atoms in total. The number of amides is 1. The zero-order valence-corrected chi connectivity index (χ0v) is 16.3. The summed E-state index contributed by atoms with van der Waals surface area (Å²) in [5.41, 5.74) is 1.23. The molecule has 0 bridgehead atoms. The summed E-state index contributed by atoms with van der Waals surface area (Å²) in [4.78, 5) is 24.1. The molecule has 0 aliphatic rings. The van der Waals surface area contributed by atoms with Crippen LogP contribution in [0.3, 0.4) is 0 Å². The fraction of sp³-hybridized carbons (Fsp3) is 0.263.